The van der Waals surface area contributed by atoms with Gasteiger partial charge in [-0.2, -0.15) is 0 Å². The second kappa shape index (κ2) is 5.60. The third-order valence-electron chi connectivity index (χ3n) is 2.47. The summed E-state index contributed by atoms with van der Waals surface area (Å²) >= 11 is 3.37. The zero-order valence-electron chi connectivity index (χ0n) is 10.6. The van der Waals surface area contributed by atoms with Crippen LogP contribution in [-0.4, -0.2) is 23.0 Å². The van der Waals surface area contributed by atoms with Gasteiger partial charge in [0.25, 0.3) is 0 Å². The van der Waals surface area contributed by atoms with Crippen molar-refractivity contribution in [3.05, 3.63) is 22.3 Å². The molecule has 0 saturated heterocycles. The topological polar surface area (TPSA) is 54.0 Å². The maximum Gasteiger partial charge on any atom is 0.245 e. The fraction of sp³-hybridized carbons (Fsp3) is 0.500. The summed E-state index contributed by atoms with van der Waals surface area (Å²) in [5.74, 6) is 0.482. The molecule has 0 unspecified atom stereocenters. The molecule has 0 fully saturated rings. The van der Waals surface area contributed by atoms with E-state index in [0.717, 1.165) is 16.6 Å². The van der Waals surface area contributed by atoms with Crippen LogP contribution in [0.3, 0.4) is 0 Å². The van der Waals surface area contributed by atoms with Crippen molar-refractivity contribution in [1.29, 1.82) is 0 Å². The minimum atomic E-state index is -0.600. The molecule has 0 atom stereocenters. The van der Waals surface area contributed by atoms with Gasteiger partial charge in [-0.3, -0.25) is 4.79 Å². The predicted molar refractivity (Wildman–Crippen MR) is 73.1 cm³/mol. The van der Waals surface area contributed by atoms with Gasteiger partial charge >= 0.3 is 0 Å². The van der Waals surface area contributed by atoms with E-state index in [4.69, 9.17) is 0 Å². The summed E-state index contributed by atoms with van der Waals surface area (Å²) in [6.07, 6.45) is 1.69. The van der Waals surface area contributed by atoms with Gasteiger partial charge in [-0.25, -0.2) is 4.98 Å². The van der Waals surface area contributed by atoms with Crippen molar-refractivity contribution in [3.63, 3.8) is 0 Å². The van der Waals surface area contributed by atoms with Gasteiger partial charge < -0.3 is 10.6 Å². The van der Waals surface area contributed by atoms with Gasteiger partial charge in [0.2, 0.25) is 5.91 Å². The van der Waals surface area contributed by atoms with Crippen LogP contribution < -0.4 is 10.6 Å². The number of pyridine rings is 1. The van der Waals surface area contributed by atoms with Crippen molar-refractivity contribution in [2.24, 2.45) is 0 Å². The van der Waals surface area contributed by atoms with Crippen LogP contribution in [0.2, 0.25) is 0 Å². The molecule has 0 aliphatic rings. The third kappa shape index (κ3) is 3.78. The van der Waals surface area contributed by atoms with Crippen LogP contribution in [0.5, 0.6) is 0 Å². The molecule has 1 aromatic heterocycles. The molecule has 0 spiro atoms. The highest BCUT2D eigenvalue weighted by molar-refractivity contribution is 9.10. The fourth-order valence-electron chi connectivity index (χ4n) is 1.40. The van der Waals surface area contributed by atoms with E-state index in [0.29, 0.717) is 5.82 Å². The first-order valence-corrected chi connectivity index (χ1v) is 6.34. The number of halogens is 1. The number of hydrogen-bond acceptors (Lipinski definition) is 3. The van der Waals surface area contributed by atoms with Crippen molar-refractivity contribution in [1.82, 2.24) is 10.3 Å². The molecule has 5 heteroatoms. The standard InChI is InChI=1S/C12H18BrN3O/c1-5-15-12(3,4)11(17)16-10-6-8(2)9(13)7-14-10/h6-7,15H,5H2,1-4H3,(H,14,16,17). The normalized spacial score (nSPS) is 11.4. The molecular formula is C12H18BrN3O. The van der Waals surface area contributed by atoms with Gasteiger partial charge in [0.1, 0.15) is 5.82 Å². The molecule has 0 aromatic carbocycles. The number of amides is 1. The van der Waals surface area contributed by atoms with E-state index in [2.05, 4.69) is 31.5 Å². The van der Waals surface area contributed by atoms with Crippen molar-refractivity contribution >= 4 is 27.7 Å². The van der Waals surface area contributed by atoms with Gasteiger partial charge in [-0.1, -0.05) is 6.92 Å². The first kappa shape index (κ1) is 14.1. The van der Waals surface area contributed by atoms with Crippen molar-refractivity contribution in [2.45, 2.75) is 33.2 Å². The molecule has 0 radical (unpaired) electrons. The Morgan fingerprint density at radius 3 is 2.71 bits per heavy atom. The first-order valence-electron chi connectivity index (χ1n) is 5.55. The highest BCUT2D eigenvalue weighted by Gasteiger charge is 2.26. The van der Waals surface area contributed by atoms with Gasteiger partial charge in [0, 0.05) is 10.7 Å². The summed E-state index contributed by atoms with van der Waals surface area (Å²) in [5.41, 5.74) is 0.439. The average molecular weight is 300 g/mol. The van der Waals surface area contributed by atoms with Crippen molar-refractivity contribution < 1.29 is 4.79 Å². The van der Waals surface area contributed by atoms with E-state index in [1.54, 1.807) is 6.20 Å². The van der Waals surface area contributed by atoms with E-state index in [-0.39, 0.29) is 5.91 Å². The van der Waals surface area contributed by atoms with Crippen LogP contribution in [0.4, 0.5) is 5.82 Å². The van der Waals surface area contributed by atoms with E-state index in [1.807, 2.05) is 33.8 Å². The van der Waals surface area contributed by atoms with Gasteiger partial charge in [0.05, 0.1) is 5.54 Å². The number of nitrogens with one attached hydrogen (secondary N) is 2. The lowest BCUT2D eigenvalue weighted by Crippen LogP contribution is -2.49. The van der Waals surface area contributed by atoms with E-state index in [1.165, 1.54) is 0 Å². The highest BCUT2D eigenvalue weighted by Crippen LogP contribution is 2.18. The Labute approximate surface area is 110 Å². The number of anilines is 1. The quantitative estimate of drug-likeness (QED) is 0.898. The summed E-state index contributed by atoms with van der Waals surface area (Å²) in [4.78, 5) is 16.1. The second-order valence-corrected chi connectivity index (χ2v) is 5.28. The number of hydrogen-bond donors (Lipinski definition) is 2. The Morgan fingerprint density at radius 1 is 1.53 bits per heavy atom. The molecule has 17 heavy (non-hydrogen) atoms. The number of nitrogens with zero attached hydrogens (tertiary/aromatic N) is 1. The third-order valence-corrected chi connectivity index (χ3v) is 3.31. The molecular weight excluding hydrogens is 282 g/mol. The molecule has 1 aromatic rings. The Balaban J connectivity index is 2.77. The van der Waals surface area contributed by atoms with E-state index in [9.17, 15) is 4.79 Å². The molecule has 0 aliphatic carbocycles. The summed E-state index contributed by atoms with van der Waals surface area (Å²) in [6, 6.07) is 1.84. The summed E-state index contributed by atoms with van der Waals surface area (Å²) in [5, 5.41) is 5.92. The van der Waals surface area contributed by atoms with Crippen LogP contribution in [0, 0.1) is 6.92 Å². The number of aryl methyl sites for hydroxylation is 1. The van der Waals surface area contributed by atoms with Gasteiger partial charge in [-0.05, 0) is 54.9 Å². The summed E-state index contributed by atoms with van der Waals surface area (Å²) < 4.78 is 0.932. The number of carbonyl (C=O) groups excluding carboxylic acids is 1. The first-order chi connectivity index (χ1) is 7.86. The molecule has 2 N–H and O–H groups in total. The Bertz CT molecular complexity index is 418. The summed E-state index contributed by atoms with van der Waals surface area (Å²) in [6.45, 7) is 8.36. The minimum absolute atomic E-state index is 0.0893. The SMILES string of the molecule is CCNC(C)(C)C(=O)Nc1cc(C)c(Br)cn1. The molecule has 4 nitrogen and oxygen atoms in total. The van der Waals surface area contributed by atoms with Gasteiger partial charge in [0.15, 0.2) is 0 Å². The number of likely N-dealkylation sites (N-methyl/N-ethyl adjacent to an activating group) is 1. The number of aromatic nitrogens is 1. The summed E-state index contributed by atoms with van der Waals surface area (Å²) in [7, 11) is 0. The largest absolute Gasteiger partial charge is 0.309 e. The highest BCUT2D eigenvalue weighted by atomic mass is 79.9. The molecule has 1 amide bonds. The lowest BCUT2D eigenvalue weighted by molar-refractivity contribution is -0.121. The van der Waals surface area contributed by atoms with Gasteiger partial charge in [-0.15, -0.1) is 0 Å². The Morgan fingerprint density at radius 2 is 2.18 bits per heavy atom. The zero-order chi connectivity index (χ0) is 13.1. The predicted octanol–water partition coefficient (Wildman–Crippen LogP) is 2.48. The lowest BCUT2D eigenvalue weighted by atomic mass is 10.0. The maximum atomic E-state index is 12.0. The molecule has 0 aliphatic heterocycles. The zero-order valence-corrected chi connectivity index (χ0v) is 12.2. The number of rotatable bonds is 4. The van der Waals surface area contributed by atoms with Crippen LogP contribution >= 0.6 is 15.9 Å². The van der Waals surface area contributed by atoms with Crippen LogP contribution in [-0.2, 0) is 4.79 Å². The van der Waals surface area contributed by atoms with Crippen LogP contribution in [0.15, 0.2) is 16.7 Å². The molecule has 0 saturated carbocycles. The molecule has 0 bridgehead atoms. The van der Waals surface area contributed by atoms with E-state index >= 15 is 0 Å². The van der Waals surface area contributed by atoms with E-state index < -0.39 is 5.54 Å². The lowest BCUT2D eigenvalue weighted by Gasteiger charge is -2.24. The smallest absolute Gasteiger partial charge is 0.245 e. The molecule has 94 valence electrons. The van der Waals surface area contributed by atoms with Crippen LogP contribution in [0.1, 0.15) is 26.3 Å². The molecule has 1 rings (SSSR count). The monoisotopic (exact) mass is 299 g/mol. The Hall–Kier alpha value is -0.940. The van der Waals surface area contributed by atoms with Crippen molar-refractivity contribution in [3.8, 4) is 0 Å². The van der Waals surface area contributed by atoms with Crippen molar-refractivity contribution in [2.75, 3.05) is 11.9 Å². The number of carbonyl (C=O) groups is 1. The average Bonchev–Trinajstić information content (AvgIpc) is 2.23. The second-order valence-electron chi connectivity index (χ2n) is 4.43. The fourth-order valence-corrected chi connectivity index (χ4v) is 1.62. The molecule has 1 heterocycles. The minimum Gasteiger partial charge on any atom is -0.309 e. The Kier molecular flexibility index (Phi) is 4.65. The van der Waals surface area contributed by atoms with Crippen LogP contribution in [0.25, 0.3) is 0 Å². The maximum absolute atomic E-state index is 12.0.